The number of aliphatic hydroxyl groups is 1. The highest BCUT2D eigenvalue weighted by molar-refractivity contribution is 7.43. The fourth-order valence-corrected chi connectivity index (χ4v) is 5.48. The van der Waals surface area contributed by atoms with Crippen molar-refractivity contribution in [2.24, 2.45) is 0 Å². The van der Waals surface area contributed by atoms with E-state index in [4.69, 9.17) is 20.7 Å². The van der Waals surface area contributed by atoms with Crippen LogP contribution in [0.4, 0.5) is 4.39 Å². The highest BCUT2D eigenvalue weighted by Gasteiger charge is 2.50. The van der Waals surface area contributed by atoms with Crippen molar-refractivity contribution in [3.8, 4) is 40.5 Å². The third-order valence-corrected chi connectivity index (χ3v) is 8.43. The van der Waals surface area contributed by atoms with Gasteiger partial charge in [0.1, 0.15) is 5.82 Å². The van der Waals surface area contributed by atoms with Gasteiger partial charge in [0.2, 0.25) is 13.2 Å². The van der Waals surface area contributed by atoms with Crippen LogP contribution in [-0.2, 0) is 13.9 Å². The summed E-state index contributed by atoms with van der Waals surface area (Å²) in [5.74, 6) is 0.495. The Bertz CT molecular complexity index is 1590. The third-order valence-electron chi connectivity index (χ3n) is 6.65. The minimum Gasteiger partial charge on any atom is -0.422 e. The molecule has 1 aromatic heterocycles. The van der Waals surface area contributed by atoms with Crippen LogP contribution in [0.1, 0.15) is 32.4 Å². The fourth-order valence-electron chi connectivity index (χ4n) is 4.48. The first kappa shape index (κ1) is 28.2. The lowest BCUT2D eigenvalue weighted by molar-refractivity contribution is -0.138. The van der Waals surface area contributed by atoms with Gasteiger partial charge in [-0.05, 0) is 47.4 Å². The third kappa shape index (κ3) is 5.24. The van der Waals surface area contributed by atoms with Gasteiger partial charge in [-0.15, -0.1) is 6.42 Å². The van der Waals surface area contributed by atoms with E-state index in [9.17, 15) is 18.9 Å². The molecule has 3 unspecified atom stereocenters. The molecule has 0 radical (unpaired) electrons. The zero-order chi connectivity index (χ0) is 28.3. The summed E-state index contributed by atoms with van der Waals surface area (Å²) in [7, 11) is -2.12. The van der Waals surface area contributed by atoms with E-state index in [2.05, 4.69) is 5.92 Å². The number of terminal acetylenes is 1. The number of carbonyl (C=O) groups excluding carboxylic acids is 1. The normalized spacial score (nSPS) is 14.4. The highest BCUT2D eigenvalue weighted by atomic mass is 31.1. The number of fused-ring (bicyclic) bond motifs is 1. The van der Waals surface area contributed by atoms with Gasteiger partial charge in [0.05, 0.1) is 17.5 Å². The number of hydrogen-bond donors (Lipinski definition) is 1. The van der Waals surface area contributed by atoms with Crippen molar-refractivity contribution >= 4 is 24.8 Å². The molecule has 39 heavy (non-hydrogen) atoms. The monoisotopic (exact) mass is 545 g/mol. The van der Waals surface area contributed by atoms with Crippen LogP contribution in [0.3, 0.4) is 0 Å². The van der Waals surface area contributed by atoms with Crippen LogP contribution in [0.5, 0.6) is 5.75 Å². The Balaban J connectivity index is 2.00. The number of esters is 1. The molecule has 8 heteroatoms. The van der Waals surface area contributed by atoms with E-state index >= 15 is 0 Å². The number of rotatable bonds is 8. The van der Waals surface area contributed by atoms with Crippen LogP contribution < -0.4 is 4.74 Å². The van der Waals surface area contributed by atoms with E-state index in [-0.39, 0.29) is 11.7 Å². The predicted octanol–water partition coefficient (Wildman–Crippen LogP) is 6.61. The summed E-state index contributed by atoms with van der Waals surface area (Å²) in [6.07, 6.45) is 4.11. The number of nitrogens with zero attached hydrogens (tertiary/aromatic N) is 1. The first-order valence-electron chi connectivity index (χ1n) is 12.4. The zero-order valence-corrected chi connectivity index (χ0v) is 23.1. The number of aromatic nitrogens is 1. The SMILES string of the molecule is C#CC(C(=O)Oc1c(-c2ccc(F)cc2)cc(-c2cccc3ccccc23)nc1C(C)C)(C(C)O)[PH](=O)OC. The largest absolute Gasteiger partial charge is 0.422 e. The molecule has 1 heterocycles. The lowest BCUT2D eigenvalue weighted by Crippen LogP contribution is -2.46. The van der Waals surface area contributed by atoms with Crippen molar-refractivity contribution in [2.45, 2.75) is 37.9 Å². The molecule has 0 aliphatic heterocycles. The molecule has 0 saturated carbocycles. The molecule has 6 nitrogen and oxygen atoms in total. The van der Waals surface area contributed by atoms with Crippen molar-refractivity contribution in [3.63, 3.8) is 0 Å². The van der Waals surface area contributed by atoms with Gasteiger partial charge in [-0.1, -0.05) is 74.4 Å². The Morgan fingerprint density at radius 3 is 2.33 bits per heavy atom. The number of hydrogen-bond acceptors (Lipinski definition) is 6. The molecule has 0 fully saturated rings. The molecular weight excluding hydrogens is 516 g/mol. The molecule has 1 N–H and O–H groups in total. The van der Waals surface area contributed by atoms with Gasteiger partial charge in [0.25, 0.3) is 0 Å². The van der Waals surface area contributed by atoms with Gasteiger partial charge in [-0.3, -0.25) is 4.57 Å². The van der Waals surface area contributed by atoms with Crippen LogP contribution >= 0.6 is 8.03 Å². The van der Waals surface area contributed by atoms with Crippen molar-refractivity contribution in [2.75, 3.05) is 7.11 Å². The number of pyridine rings is 1. The molecule has 200 valence electrons. The van der Waals surface area contributed by atoms with E-state index in [0.29, 0.717) is 22.5 Å². The second-order valence-corrected chi connectivity index (χ2v) is 11.2. The maximum absolute atomic E-state index is 13.9. The second kappa shape index (κ2) is 11.5. The summed E-state index contributed by atoms with van der Waals surface area (Å²) in [4.78, 5) is 18.5. The molecule has 0 bridgehead atoms. The molecule has 0 saturated heterocycles. The second-order valence-electron chi connectivity index (χ2n) is 9.47. The standard InChI is InChI=1S/C31H29FNO5P/c1-6-31(20(4)34,39(36)37-5)30(35)38-29-26(22-14-16-23(32)17-15-22)18-27(33-28(29)19(2)3)25-13-9-11-21-10-7-8-12-24(21)25/h1,7-20,34,39H,2-5H3. The highest BCUT2D eigenvalue weighted by Crippen LogP contribution is 2.45. The molecule has 4 aromatic rings. The Hall–Kier alpha value is -3.82. The molecule has 3 aromatic carbocycles. The Labute approximate surface area is 227 Å². The summed E-state index contributed by atoms with van der Waals surface area (Å²) >= 11 is 0. The van der Waals surface area contributed by atoms with Crippen LogP contribution in [0.15, 0.2) is 72.8 Å². The van der Waals surface area contributed by atoms with Crippen molar-refractivity contribution in [1.82, 2.24) is 4.98 Å². The minimum atomic E-state index is -3.27. The molecule has 0 aliphatic rings. The maximum atomic E-state index is 13.9. The zero-order valence-electron chi connectivity index (χ0n) is 22.1. The van der Waals surface area contributed by atoms with Gasteiger partial charge >= 0.3 is 5.97 Å². The predicted molar refractivity (Wildman–Crippen MR) is 152 cm³/mol. The number of halogens is 1. The number of benzene rings is 3. The lowest BCUT2D eigenvalue weighted by Gasteiger charge is -2.28. The van der Waals surface area contributed by atoms with E-state index in [1.165, 1.54) is 19.1 Å². The number of carbonyl (C=O) groups is 1. The van der Waals surface area contributed by atoms with Gasteiger partial charge < -0.3 is 14.4 Å². The van der Waals surface area contributed by atoms with Crippen molar-refractivity contribution in [3.05, 3.63) is 84.3 Å². The van der Waals surface area contributed by atoms with Gasteiger partial charge in [-0.25, -0.2) is 14.2 Å². The summed E-state index contributed by atoms with van der Waals surface area (Å²) < 4.78 is 37.5. The Kier molecular flexibility index (Phi) is 8.32. The molecular formula is C31H29FNO5P. The number of aliphatic hydroxyl groups excluding tert-OH is 1. The first-order valence-corrected chi connectivity index (χ1v) is 13.7. The Morgan fingerprint density at radius 2 is 1.72 bits per heavy atom. The lowest BCUT2D eigenvalue weighted by atomic mass is 9.95. The molecule has 0 amide bonds. The summed E-state index contributed by atoms with van der Waals surface area (Å²) in [5, 5.41) is 10.2. The Morgan fingerprint density at radius 1 is 1.05 bits per heavy atom. The van der Waals surface area contributed by atoms with Gasteiger partial charge in [-0.2, -0.15) is 0 Å². The van der Waals surface area contributed by atoms with Crippen LogP contribution in [0.2, 0.25) is 0 Å². The van der Waals surface area contributed by atoms with Crippen molar-refractivity contribution in [1.29, 1.82) is 0 Å². The average molecular weight is 546 g/mol. The smallest absolute Gasteiger partial charge is 0.342 e. The maximum Gasteiger partial charge on any atom is 0.342 e. The van der Waals surface area contributed by atoms with E-state index in [1.54, 1.807) is 18.2 Å². The van der Waals surface area contributed by atoms with Gasteiger partial charge in [0.15, 0.2) is 5.75 Å². The molecule has 3 atom stereocenters. The van der Waals surface area contributed by atoms with Gasteiger partial charge in [0, 0.05) is 18.2 Å². The fraction of sp³-hybridized carbons (Fsp3) is 0.226. The molecule has 4 rings (SSSR count). The molecule has 0 spiro atoms. The molecule has 0 aliphatic carbocycles. The van der Waals surface area contributed by atoms with E-state index in [1.807, 2.05) is 56.3 Å². The number of ether oxygens (including phenoxy) is 1. The summed E-state index contributed by atoms with van der Waals surface area (Å²) in [6.45, 7) is 5.04. The van der Waals surface area contributed by atoms with Crippen molar-refractivity contribution < 1.29 is 28.1 Å². The minimum absolute atomic E-state index is 0.0803. The summed E-state index contributed by atoms with van der Waals surface area (Å²) in [5.41, 5.74) is 2.94. The average Bonchev–Trinajstić information content (AvgIpc) is 2.93. The van der Waals surface area contributed by atoms with Crippen LogP contribution in [-0.4, -0.2) is 34.4 Å². The van der Waals surface area contributed by atoms with Crippen LogP contribution in [0.25, 0.3) is 33.2 Å². The van der Waals surface area contributed by atoms with E-state index < -0.39 is 31.1 Å². The topological polar surface area (TPSA) is 85.7 Å². The first-order chi connectivity index (χ1) is 18.6. The summed E-state index contributed by atoms with van der Waals surface area (Å²) in [6, 6.07) is 21.3. The van der Waals surface area contributed by atoms with Crippen LogP contribution in [0, 0.1) is 18.2 Å². The van der Waals surface area contributed by atoms with E-state index in [0.717, 1.165) is 23.4 Å². The quantitative estimate of drug-likeness (QED) is 0.152.